The standard InChI is InChI=1S/C19H30N2O3/c1-15-11-20(12-16-9-7-6-8-10-16)13-17(14-23-5)21(15)18(22)24-19(2,3)4/h6-10,15,17H,11-14H2,1-5H3/t15?,17-/m0/s1. The summed E-state index contributed by atoms with van der Waals surface area (Å²) in [6.45, 7) is 10.8. The summed E-state index contributed by atoms with van der Waals surface area (Å²) >= 11 is 0. The van der Waals surface area contributed by atoms with Crippen molar-refractivity contribution in [1.82, 2.24) is 9.80 Å². The summed E-state index contributed by atoms with van der Waals surface area (Å²) < 4.78 is 11.0. The Morgan fingerprint density at radius 1 is 1.21 bits per heavy atom. The predicted octanol–water partition coefficient (Wildman–Crippen LogP) is 3.14. The fourth-order valence-corrected chi connectivity index (χ4v) is 3.22. The van der Waals surface area contributed by atoms with Crippen LogP contribution in [0.4, 0.5) is 4.79 Å². The Kier molecular flexibility index (Phi) is 6.24. The number of hydrogen-bond donors (Lipinski definition) is 0. The molecule has 1 aliphatic heterocycles. The van der Waals surface area contributed by atoms with Gasteiger partial charge in [-0.25, -0.2) is 4.79 Å². The number of carbonyl (C=O) groups is 1. The van der Waals surface area contributed by atoms with Gasteiger partial charge in [0.1, 0.15) is 5.60 Å². The smallest absolute Gasteiger partial charge is 0.410 e. The molecule has 1 unspecified atom stereocenters. The summed E-state index contributed by atoms with van der Waals surface area (Å²) in [7, 11) is 1.67. The number of methoxy groups -OCH3 is 1. The van der Waals surface area contributed by atoms with Crippen molar-refractivity contribution < 1.29 is 14.3 Å². The number of ether oxygens (including phenoxy) is 2. The Morgan fingerprint density at radius 3 is 2.46 bits per heavy atom. The number of benzene rings is 1. The second kappa shape index (κ2) is 7.99. The van der Waals surface area contributed by atoms with Gasteiger partial charge in [-0.2, -0.15) is 0 Å². The lowest BCUT2D eigenvalue weighted by Gasteiger charge is -2.45. The molecule has 1 aliphatic rings. The lowest BCUT2D eigenvalue weighted by atomic mass is 10.1. The number of carbonyl (C=O) groups excluding carboxylic acids is 1. The van der Waals surface area contributed by atoms with Crippen LogP contribution in [-0.2, 0) is 16.0 Å². The second-order valence-corrected chi connectivity index (χ2v) is 7.53. The van der Waals surface area contributed by atoms with Gasteiger partial charge in [-0.05, 0) is 33.3 Å². The molecule has 1 fully saturated rings. The fraction of sp³-hybridized carbons (Fsp3) is 0.632. The Hall–Kier alpha value is -1.59. The molecule has 1 amide bonds. The zero-order valence-corrected chi connectivity index (χ0v) is 15.5. The van der Waals surface area contributed by atoms with Crippen molar-refractivity contribution in [2.24, 2.45) is 0 Å². The van der Waals surface area contributed by atoms with Crippen molar-refractivity contribution in [3.8, 4) is 0 Å². The van der Waals surface area contributed by atoms with Crippen molar-refractivity contribution in [2.75, 3.05) is 26.8 Å². The summed E-state index contributed by atoms with van der Waals surface area (Å²) in [4.78, 5) is 16.8. The molecule has 5 heteroatoms. The van der Waals surface area contributed by atoms with Gasteiger partial charge in [0.2, 0.25) is 0 Å². The van der Waals surface area contributed by atoms with E-state index in [1.807, 2.05) is 31.7 Å². The number of piperazine rings is 1. The molecule has 0 aromatic heterocycles. The van der Waals surface area contributed by atoms with Gasteiger partial charge in [0.15, 0.2) is 0 Å². The molecule has 0 radical (unpaired) electrons. The first-order valence-corrected chi connectivity index (χ1v) is 8.56. The van der Waals surface area contributed by atoms with E-state index in [1.165, 1.54) is 5.56 Å². The molecule has 0 bridgehead atoms. The van der Waals surface area contributed by atoms with Crippen LogP contribution in [-0.4, -0.2) is 60.4 Å². The minimum Gasteiger partial charge on any atom is -0.444 e. The summed E-state index contributed by atoms with van der Waals surface area (Å²) in [6.07, 6.45) is -0.253. The highest BCUT2D eigenvalue weighted by Crippen LogP contribution is 2.21. The number of amides is 1. The van der Waals surface area contributed by atoms with E-state index < -0.39 is 5.60 Å². The average molecular weight is 334 g/mol. The van der Waals surface area contributed by atoms with Gasteiger partial charge in [-0.3, -0.25) is 9.80 Å². The van der Waals surface area contributed by atoms with Crippen LogP contribution in [0.1, 0.15) is 33.3 Å². The molecule has 1 heterocycles. The topological polar surface area (TPSA) is 42.0 Å². The molecular weight excluding hydrogens is 304 g/mol. The lowest BCUT2D eigenvalue weighted by Crippen LogP contribution is -2.61. The summed E-state index contributed by atoms with van der Waals surface area (Å²) in [5, 5.41) is 0. The maximum absolute atomic E-state index is 12.6. The van der Waals surface area contributed by atoms with Gasteiger partial charge in [-0.1, -0.05) is 30.3 Å². The van der Waals surface area contributed by atoms with Crippen molar-refractivity contribution in [2.45, 2.75) is 51.9 Å². The Labute approximate surface area is 145 Å². The normalized spacial score (nSPS) is 22.5. The zero-order chi connectivity index (χ0) is 17.7. The van der Waals surface area contributed by atoms with Crippen LogP contribution in [0, 0.1) is 0 Å². The predicted molar refractivity (Wildman–Crippen MR) is 94.9 cm³/mol. The molecule has 5 nitrogen and oxygen atoms in total. The highest BCUT2D eigenvalue weighted by atomic mass is 16.6. The summed E-state index contributed by atoms with van der Waals surface area (Å²) in [5.41, 5.74) is 0.793. The van der Waals surface area contributed by atoms with Crippen molar-refractivity contribution in [1.29, 1.82) is 0 Å². The van der Waals surface area contributed by atoms with Crippen molar-refractivity contribution in [3.63, 3.8) is 0 Å². The average Bonchev–Trinajstić information content (AvgIpc) is 2.46. The van der Waals surface area contributed by atoms with E-state index >= 15 is 0 Å². The quantitative estimate of drug-likeness (QED) is 0.848. The van der Waals surface area contributed by atoms with E-state index in [-0.39, 0.29) is 18.2 Å². The summed E-state index contributed by atoms with van der Waals surface area (Å²) in [6, 6.07) is 10.5. The Bertz CT molecular complexity index is 527. The maximum atomic E-state index is 12.6. The molecule has 0 spiro atoms. The minimum absolute atomic E-state index is 0.00249. The van der Waals surface area contributed by atoms with Crippen LogP contribution in [0.5, 0.6) is 0 Å². The van der Waals surface area contributed by atoms with Crippen LogP contribution < -0.4 is 0 Å². The van der Waals surface area contributed by atoms with Gasteiger partial charge in [0, 0.05) is 32.8 Å². The van der Waals surface area contributed by atoms with Crippen LogP contribution in [0.15, 0.2) is 30.3 Å². The maximum Gasteiger partial charge on any atom is 0.410 e. The van der Waals surface area contributed by atoms with Crippen molar-refractivity contribution in [3.05, 3.63) is 35.9 Å². The first-order chi connectivity index (χ1) is 11.3. The zero-order valence-electron chi connectivity index (χ0n) is 15.5. The molecule has 1 aromatic carbocycles. The fourth-order valence-electron chi connectivity index (χ4n) is 3.22. The largest absolute Gasteiger partial charge is 0.444 e. The molecule has 2 rings (SSSR count). The van der Waals surface area contributed by atoms with Gasteiger partial charge in [0.25, 0.3) is 0 Å². The summed E-state index contributed by atoms with van der Waals surface area (Å²) in [5.74, 6) is 0. The van der Waals surface area contributed by atoms with E-state index in [9.17, 15) is 4.79 Å². The molecule has 1 saturated heterocycles. The van der Waals surface area contributed by atoms with Crippen LogP contribution in [0.25, 0.3) is 0 Å². The van der Waals surface area contributed by atoms with Gasteiger partial charge in [-0.15, -0.1) is 0 Å². The molecule has 24 heavy (non-hydrogen) atoms. The Balaban J connectivity index is 2.07. The second-order valence-electron chi connectivity index (χ2n) is 7.53. The molecule has 1 aromatic rings. The minimum atomic E-state index is -0.490. The monoisotopic (exact) mass is 334 g/mol. The molecule has 0 N–H and O–H groups in total. The highest BCUT2D eigenvalue weighted by Gasteiger charge is 2.37. The van der Waals surface area contributed by atoms with Crippen LogP contribution in [0.3, 0.4) is 0 Å². The van der Waals surface area contributed by atoms with E-state index in [4.69, 9.17) is 9.47 Å². The number of rotatable bonds is 4. The third-order valence-corrected chi connectivity index (χ3v) is 4.07. The van der Waals surface area contributed by atoms with E-state index in [0.29, 0.717) is 6.61 Å². The first-order valence-electron chi connectivity index (χ1n) is 8.56. The van der Waals surface area contributed by atoms with E-state index in [0.717, 1.165) is 19.6 Å². The number of hydrogen-bond acceptors (Lipinski definition) is 4. The molecule has 0 aliphatic carbocycles. The third-order valence-electron chi connectivity index (χ3n) is 4.07. The molecule has 0 saturated carbocycles. The van der Waals surface area contributed by atoms with Crippen LogP contribution >= 0.6 is 0 Å². The lowest BCUT2D eigenvalue weighted by molar-refractivity contribution is -0.0355. The molecule has 2 atom stereocenters. The van der Waals surface area contributed by atoms with Gasteiger partial charge < -0.3 is 9.47 Å². The molecular formula is C19H30N2O3. The highest BCUT2D eigenvalue weighted by molar-refractivity contribution is 5.69. The van der Waals surface area contributed by atoms with E-state index in [2.05, 4.69) is 36.1 Å². The number of nitrogens with zero attached hydrogens (tertiary/aromatic N) is 2. The van der Waals surface area contributed by atoms with E-state index in [1.54, 1.807) is 7.11 Å². The van der Waals surface area contributed by atoms with Gasteiger partial charge >= 0.3 is 6.09 Å². The third kappa shape index (κ3) is 5.21. The van der Waals surface area contributed by atoms with Gasteiger partial charge in [0.05, 0.1) is 12.6 Å². The first kappa shape index (κ1) is 18.7. The molecule has 134 valence electrons. The van der Waals surface area contributed by atoms with Crippen LogP contribution in [0.2, 0.25) is 0 Å². The Morgan fingerprint density at radius 2 is 1.88 bits per heavy atom. The van der Waals surface area contributed by atoms with Crippen molar-refractivity contribution >= 4 is 6.09 Å². The SMILES string of the molecule is COC[C@@H]1CN(Cc2ccccc2)CC(C)N1C(=O)OC(C)(C)C.